The van der Waals surface area contributed by atoms with Crippen LogP contribution in [0.15, 0.2) is 48.6 Å². The molecule has 0 N–H and O–H groups in total. The molecular formula is C47H87NO4. The molecule has 0 radical (unpaired) electrons. The fourth-order valence-corrected chi connectivity index (χ4v) is 6.67. The van der Waals surface area contributed by atoms with Crippen LogP contribution in [0.2, 0.25) is 0 Å². The Morgan fingerprint density at radius 3 is 1.33 bits per heavy atom. The molecule has 0 spiro atoms. The highest BCUT2D eigenvalue weighted by molar-refractivity contribution is 4.93. The van der Waals surface area contributed by atoms with Gasteiger partial charge in [0.2, 0.25) is 0 Å². The van der Waals surface area contributed by atoms with E-state index in [4.69, 9.17) is 18.9 Å². The van der Waals surface area contributed by atoms with Gasteiger partial charge in [0, 0.05) is 19.8 Å². The molecule has 0 aliphatic carbocycles. The maximum Gasteiger partial charge on any atom is 0.155 e. The lowest BCUT2D eigenvalue weighted by molar-refractivity contribution is -0.201. The van der Waals surface area contributed by atoms with Crippen LogP contribution in [0.25, 0.3) is 0 Å². The van der Waals surface area contributed by atoms with Gasteiger partial charge in [-0.1, -0.05) is 140 Å². The first kappa shape index (κ1) is 48.8. The number of hydrogen-bond acceptors (Lipinski definition) is 5. The summed E-state index contributed by atoms with van der Waals surface area (Å²) in [6.07, 6.45) is 51.0. The second-order valence-corrected chi connectivity index (χ2v) is 15.1. The van der Waals surface area contributed by atoms with E-state index in [1.807, 2.05) is 13.8 Å². The van der Waals surface area contributed by atoms with Crippen molar-refractivity contribution in [2.75, 3.05) is 39.5 Å². The molecule has 0 aromatic heterocycles. The van der Waals surface area contributed by atoms with Gasteiger partial charge in [-0.25, -0.2) is 0 Å². The van der Waals surface area contributed by atoms with Crippen LogP contribution in [-0.4, -0.2) is 63.0 Å². The van der Waals surface area contributed by atoms with Gasteiger partial charge in [0.1, 0.15) is 0 Å². The Morgan fingerprint density at radius 1 is 0.462 bits per heavy atom. The summed E-state index contributed by atoms with van der Waals surface area (Å²) in [7, 11) is 0. The fraction of sp³-hybridized carbons (Fsp3) is 0.830. The van der Waals surface area contributed by atoms with Crippen LogP contribution >= 0.6 is 0 Å². The zero-order valence-electron chi connectivity index (χ0n) is 35.1. The van der Waals surface area contributed by atoms with E-state index in [9.17, 15) is 0 Å². The number of nitrogens with zero attached hydrogens (tertiary/aromatic N) is 1. The van der Waals surface area contributed by atoms with Crippen molar-refractivity contribution in [3.8, 4) is 0 Å². The topological polar surface area (TPSA) is 40.2 Å². The van der Waals surface area contributed by atoms with E-state index in [1.165, 1.54) is 141 Å². The third-order valence-corrected chi connectivity index (χ3v) is 9.96. The van der Waals surface area contributed by atoms with Gasteiger partial charge in [-0.15, -0.1) is 0 Å². The van der Waals surface area contributed by atoms with Crippen molar-refractivity contribution in [1.29, 1.82) is 0 Å². The van der Waals surface area contributed by atoms with Gasteiger partial charge >= 0.3 is 0 Å². The van der Waals surface area contributed by atoms with Crippen molar-refractivity contribution in [2.24, 2.45) is 0 Å². The number of likely N-dealkylation sites (tertiary alicyclic amines) is 1. The SMILES string of the molecule is CCCCCC=CCC=CCCCCCCCCOC(C)OCC(CN1CCCC1)OC(C)OCCCCCCCCC=CCC=CCCCCC. The first-order chi connectivity index (χ1) is 25.7. The predicted molar refractivity (Wildman–Crippen MR) is 226 cm³/mol. The van der Waals surface area contributed by atoms with Crippen molar-refractivity contribution in [2.45, 2.75) is 213 Å². The maximum absolute atomic E-state index is 6.37. The van der Waals surface area contributed by atoms with Gasteiger partial charge < -0.3 is 23.8 Å². The molecule has 5 heteroatoms. The van der Waals surface area contributed by atoms with E-state index in [0.29, 0.717) is 6.61 Å². The third-order valence-electron chi connectivity index (χ3n) is 9.96. The number of allylic oxidation sites excluding steroid dienone is 8. The Morgan fingerprint density at radius 2 is 0.865 bits per heavy atom. The second-order valence-electron chi connectivity index (χ2n) is 15.1. The summed E-state index contributed by atoms with van der Waals surface area (Å²) in [6.45, 7) is 13.9. The quantitative estimate of drug-likeness (QED) is 0.0358. The monoisotopic (exact) mass is 730 g/mol. The Bertz CT molecular complexity index is 833. The van der Waals surface area contributed by atoms with E-state index in [0.717, 1.165) is 58.5 Å². The van der Waals surface area contributed by atoms with Gasteiger partial charge in [-0.3, -0.25) is 0 Å². The van der Waals surface area contributed by atoms with Gasteiger partial charge in [0.25, 0.3) is 0 Å². The second kappa shape index (κ2) is 39.5. The lowest BCUT2D eigenvalue weighted by Crippen LogP contribution is -2.38. The van der Waals surface area contributed by atoms with E-state index >= 15 is 0 Å². The highest BCUT2D eigenvalue weighted by atomic mass is 16.7. The third kappa shape index (κ3) is 34.5. The minimum absolute atomic E-state index is 0.00289. The summed E-state index contributed by atoms with van der Waals surface area (Å²) in [6, 6.07) is 0. The Balaban J connectivity index is 2.05. The van der Waals surface area contributed by atoms with Crippen molar-refractivity contribution in [3.63, 3.8) is 0 Å². The van der Waals surface area contributed by atoms with E-state index in [1.54, 1.807) is 0 Å². The highest BCUT2D eigenvalue weighted by Crippen LogP contribution is 2.14. The molecule has 3 unspecified atom stereocenters. The number of rotatable bonds is 39. The van der Waals surface area contributed by atoms with Gasteiger partial charge in [0.15, 0.2) is 12.6 Å². The number of ether oxygens (including phenoxy) is 4. The van der Waals surface area contributed by atoms with Crippen LogP contribution in [-0.2, 0) is 18.9 Å². The molecule has 304 valence electrons. The molecule has 0 bridgehead atoms. The summed E-state index contributed by atoms with van der Waals surface area (Å²) in [4.78, 5) is 2.50. The summed E-state index contributed by atoms with van der Waals surface area (Å²) < 4.78 is 24.6. The molecule has 0 aromatic carbocycles. The molecular weight excluding hydrogens is 643 g/mol. The van der Waals surface area contributed by atoms with Gasteiger partial charge in [0.05, 0.1) is 12.7 Å². The summed E-state index contributed by atoms with van der Waals surface area (Å²) >= 11 is 0. The Kier molecular flexibility index (Phi) is 37.0. The Hall–Kier alpha value is -1.24. The average Bonchev–Trinajstić information content (AvgIpc) is 3.66. The maximum atomic E-state index is 6.37. The van der Waals surface area contributed by atoms with E-state index < -0.39 is 0 Å². The minimum Gasteiger partial charge on any atom is -0.353 e. The van der Waals surface area contributed by atoms with E-state index in [-0.39, 0.29) is 18.7 Å². The molecule has 5 nitrogen and oxygen atoms in total. The van der Waals surface area contributed by atoms with E-state index in [2.05, 4.69) is 67.4 Å². The zero-order chi connectivity index (χ0) is 37.4. The van der Waals surface area contributed by atoms with Crippen LogP contribution < -0.4 is 0 Å². The molecule has 1 aliphatic heterocycles. The van der Waals surface area contributed by atoms with Crippen LogP contribution in [0, 0.1) is 0 Å². The van der Waals surface area contributed by atoms with Crippen LogP contribution in [0.1, 0.15) is 195 Å². The zero-order valence-corrected chi connectivity index (χ0v) is 35.1. The molecule has 1 aliphatic rings. The number of hydrogen-bond donors (Lipinski definition) is 0. The largest absolute Gasteiger partial charge is 0.353 e. The molecule has 0 saturated carbocycles. The van der Waals surface area contributed by atoms with Crippen molar-refractivity contribution in [3.05, 3.63) is 48.6 Å². The summed E-state index contributed by atoms with van der Waals surface area (Å²) in [5, 5.41) is 0. The molecule has 1 fully saturated rings. The molecule has 52 heavy (non-hydrogen) atoms. The lowest BCUT2D eigenvalue weighted by atomic mass is 10.1. The molecule has 3 atom stereocenters. The fourth-order valence-electron chi connectivity index (χ4n) is 6.67. The first-order valence-electron chi connectivity index (χ1n) is 22.5. The molecule has 1 heterocycles. The number of unbranched alkanes of at least 4 members (excludes halogenated alkanes) is 18. The van der Waals surface area contributed by atoms with Crippen molar-refractivity contribution < 1.29 is 18.9 Å². The first-order valence-corrected chi connectivity index (χ1v) is 22.5. The minimum atomic E-state index is -0.219. The van der Waals surface area contributed by atoms with Crippen LogP contribution in [0.3, 0.4) is 0 Å². The van der Waals surface area contributed by atoms with Gasteiger partial charge in [-0.2, -0.15) is 0 Å². The van der Waals surface area contributed by atoms with Crippen molar-refractivity contribution in [1.82, 2.24) is 4.90 Å². The normalized spacial score (nSPS) is 16.1. The highest BCUT2D eigenvalue weighted by Gasteiger charge is 2.21. The molecule has 1 rings (SSSR count). The summed E-state index contributed by atoms with van der Waals surface area (Å²) in [5.74, 6) is 0. The van der Waals surface area contributed by atoms with Crippen LogP contribution in [0.5, 0.6) is 0 Å². The van der Waals surface area contributed by atoms with Gasteiger partial charge in [-0.05, 0) is 117 Å². The lowest BCUT2D eigenvalue weighted by Gasteiger charge is -2.27. The molecule has 0 aromatic rings. The molecule has 1 saturated heterocycles. The smallest absolute Gasteiger partial charge is 0.155 e. The van der Waals surface area contributed by atoms with Crippen molar-refractivity contribution >= 4 is 0 Å². The molecule has 0 amide bonds. The average molecular weight is 730 g/mol. The standard InChI is InChI=1S/C47H87NO4/c1-5-7-9-11-13-15-17-19-21-23-25-27-29-31-33-37-41-49-45(3)51-44-47(43-48-39-35-36-40-48)52-46(4)50-42-38-34-32-30-28-26-24-22-20-18-16-14-12-10-8-6-2/h13-16,19-22,45-47H,5-12,17-18,23-44H2,1-4H3. The Labute approximate surface area is 324 Å². The predicted octanol–water partition coefficient (Wildman–Crippen LogP) is 13.8. The summed E-state index contributed by atoms with van der Waals surface area (Å²) in [5.41, 5.74) is 0. The van der Waals surface area contributed by atoms with Crippen LogP contribution in [0.4, 0.5) is 0 Å².